The number of fused-ring (bicyclic) bond motifs is 2. The van der Waals surface area contributed by atoms with E-state index in [1.54, 1.807) is 6.07 Å². The fourth-order valence-electron chi connectivity index (χ4n) is 4.09. The smallest absolute Gasteiger partial charge is 0.231 e. The first-order valence-corrected chi connectivity index (χ1v) is 8.84. The van der Waals surface area contributed by atoms with Crippen LogP contribution in [0.3, 0.4) is 0 Å². The van der Waals surface area contributed by atoms with Crippen LogP contribution in [0.1, 0.15) is 37.0 Å². The van der Waals surface area contributed by atoms with Crippen molar-refractivity contribution in [2.24, 2.45) is 5.92 Å². The Hall–Kier alpha value is -2.21. The van der Waals surface area contributed by atoms with Crippen LogP contribution in [0.4, 0.5) is 0 Å². The van der Waals surface area contributed by atoms with Gasteiger partial charge in [0.05, 0.1) is 20.3 Å². The molecule has 0 fully saturated rings. The largest absolute Gasteiger partial charge is 0.496 e. The summed E-state index contributed by atoms with van der Waals surface area (Å²) in [4.78, 5) is 26.0. The molecule has 7 heteroatoms. The highest BCUT2D eigenvalue weighted by Crippen LogP contribution is 2.56. The Balaban J connectivity index is 1.96. The SMILES string of the molecule is COc1cc(OC)c2c(c1Cl)OC1(C2=O)C2=C(CC(C)O2)C(=O)CC1C. The first-order chi connectivity index (χ1) is 12.3. The second-order valence-electron chi connectivity index (χ2n) is 6.93. The second kappa shape index (κ2) is 5.64. The third-order valence-corrected chi connectivity index (χ3v) is 5.72. The highest BCUT2D eigenvalue weighted by molar-refractivity contribution is 6.35. The Morgan fingerprint density at radius 3 is 2.50 bits per heavy atom. The standard InChI is InChI=1S/C19H19ClO6/c1-8-5-11(21)10-6-9(2)25-18(10)19(8)17(22)14-12(23-3)7-13(24-4)15(20)16(14)26-19/h7-9H,5-6H2,1-4H3. The fourth-order valence-corrected chi connectivity index (χ4v) is 4.36. The summed E-state index contributed by atoms with van der Waals surface area (Å²) in [6, 6.07) is 1.56. The predicted molar refractivity (Wildman–Crippen MR) is 93.2 cm³/mol. The molecule has 4 rings (SSSR count). The monoisotopic (exact) mass is 378 g/mol. The molecule has 2 heterocycles. The lowest BCUT2D eigenvalue weighted by molar-refractivity contribution is -0.119. The van der Waals surface area contributed by atoms with Crippen molar-refractivity contribution in [3.63, 3.8) is 0 Å². The van der Waals surface area contributed by atoms with Gasteiger partial charge in [-0.15, -0.1) is 0 Å². The summed E-state index contributed by atoms with van der Waals surface area (Å²) in [5.74, 6) is 0.518. The average molecular weight is 379 g/mol. The van der Waals surface area contributed by atoms with Crippen molar-refractivity contribution in [1.82, 2.24) is 0 Å². The Bertz CT molecular complexity index is 873. The predicted octanol–water partition coefficient (Wildman–Crippen LogP) is 3.34. The summed E-state index contributed by atoms with van der Waals surface area (Å²) in [5, 5.41) is 0.200. The number of carbonyl (C=O) groups excluding carboxylic acids is 2. The molecular weight excluding hydrogens is 360 g/mol. The van der Waals surface area contributed by atoms with Gasteiger partial charge in [-0.05, 0) is 6.92 Å². The number of benzene rings is 1. The number of Topliss-reactive ketones (excluding diaryl/α,β-unsaturated/α-hetero) is 2. The molecule has 2 aliphatic heterocycles. The molecule has 3 unspecified atom stereocenters. The number of carbonyl (C=O) groups is 2. The van der Waals surface area contributed by atoms with Gasteiger partial charge in [0.1, 0.15) is 22.1 Å². The van der Waals surface area contributed by atoms with Crippen LogP contribution < -0.4 is 14.2 Å². The molecule has 1 aromatic rings. The van der Waals surface area contributed by atoms with E-state index in [1.807, 2.05) is 13.8 Å². The molecule has 3 aliphatic rings. The number of hydrogen-bond acceptors (Lipinski definition) is 6. The van der Waals surface area contributed by atoms with E-state index in [9.17, 15) is 9.59 Å². The van der Waals surface area contributed by atoms with Crippen LogP contribution in [-0.2, 0) is 9.53 Å². The lowest BCUT2D eigenvalue weighted by atomic mass is 9.73. The zero-order valence-electron chi connectivity index (χ0n) is 15.0. The van der Waals surface area contributed by atoms with Crippen molar-refractivity contribution >= 4 is 23.2 Å². The van der Waals surface area contributed by atoms with Gasteiger partial charge < -0.3 is 18.9 Å². The molecule has 138 valence electrons. The highest BCUT2D eigenvalue weighted by Gasteiger charge is 2.63. The van der Waals surface area contributed by atoms with Crippen LogP contribution in [0, 0.1) is 5.92 Å². The number of ketones is 2. The minimum absolute atomic E-state index is 0.00507. The van der Waals surface area contributed by atoms with Crippen LogP contribution in [0.15, 0.2) is 17.4 Å². The molecule has 26 heavy (non-hydrogen) atoms. The number of hydrogen-bond donors (Lipinski definition) is 0. The van der Waals surface area contributed by atoms with Crippen molar-refractivity contribution < 1.29 is 28.5 Å². The van der Waals surface area contributed by atoms with Gasteiger partial charge in [0.2, 0.25) is 11.4 Å². The minimum atomic E-state index is -1.39. The Morgan fingerprint density at radius 2 is 1.85 bits per heavy atom. The molecule has 0 radical (unpaired) electrons. The number of ether oxygens (including phenoxy) is 4. The van der Waals surface area contributed by atoms with Crippen molar-refractivity contribution in [2.75, 3.05) is 14.2 Å². The Kier molecular flexibility index (Phi) is 3.74. The lowest BCUT2D eigenvalue weighted by Crippen LogP contribution is -2.52. The number of methoxy groups -OCH3 is 2. The molecule has 0 aromatic heterocycles. The summed E-state index contributed by atoms with van der Waals surface area (Å²) < 4.78 is 22.8. The third-order valence-electron chi connectivity index (χ3n) is 5.36. The summed E-state index contributed by atoms with van der Waals surface area (Å²) >= 11 is 6.42. The van der Waals surface area contributed by atoms with Crippen LogP contribution in [0.25, 0.3) is 0 Å². The van der Waals surface area contributed by atoms with Gasteiger partial charge in [-0.25, -0.2) is 0 Å². The number of rotatable bonds is 2. The van der Waals surface area contributed by atoms with E-state index >= 15 is 0 Å². The van der Waals surface area contributed by atoms with Crippen molar-refractivity contribution in [3.05, 3.63) is 28.0 Å². The highest BCUT2D eigenvalue weighted by atomic mass is 35.5. The van der Waals surface area contributed by atoms with E-state index in [0.717, 1.165) is 0 Å². The maximum atomic E-state index is 13.5. The summed E-state index contributed by atoms with van der Waals surface area (Å²) in [7, 11) is 2.94. The quantitative estimate of drug-likeness (QED) is 0.786. The molecule has 1 aliphatic carbocycles. The zero-order chi connectivity index (χ0) is 18.8. The van der Waals surface area contributed by atoms with Crippen molar-refractivity contribution in [1.29, 1.82) is 0 Å². The van der Waals surface area contributed by atoms with Gasteiger partial charge in [0, 0.05) is 30.4 Å². The maximum Gasteiger partial charge on any atom is 0.231 e. The van der Waals surface area contributed by atoms with Gasteiger partial charge in [-0.2, -0.15) is 0 Å². The van der Waals surface area contributed by atoms with Gasteiger partial charge in [0.25, 0.3) is 0 Å². The zero-order valence-corrected chi connectivity index (χ0v) is 15.7. The average Bonchev–Trinajstić information content (AvgIpc) is 3.14. The maximum absolute atomic E-state index is 13.5. The van der Waals surface area contributed by atoms with Gasteiger partial charge in [0.15, 0.2) is 17.3 Å². The van der Waals surface area contributed by atoms with E-state index in [4.69, 9.17) is 30.5 Å². The molecule has 1 aromatic carbocycles. The van der Waals surface area contributed by atoms with E-state index < -0.39 is 11.5 Å². The van der Waals surface area contributed by atoms with E-state index in [-0.39, 0.29) is 40.4 Å². The first-order valence-electron chi connectivity index (χ1n) is 8.46. The summed E-state index contributed by atoms with van der Waals surface area (Å²) in [5.41, 5.74) is -0.590. The molecule has 0 saturated carbocycles. The van der Waals surface area contributed by atoms with Crippen molar-refractivity contribution in [3.8, 4) is 17.2 Å². The molecule has 1 spiro atoms. The second-order valence-corrected chi connectivity index (χ2v) is 7.31. The molecule has 0 amide bonds. The lowest BCUT2D eigenvalue weighted by Gasteiger charge is -2.37. The topological polar surface area (TPSA) is 71.1 Å². The van der Waals surface area contributed by atoms with Gasteiger partial charge in [-0.1, -0.05) is 18.5 Å². The van der Waals surface area contributed by atoms with Crippen LogP contribution >= 0.6 is 11.6 Å². The van der Waals surface area contributed by atoms with E-state index in [2.05, 4.69) is 0 Å². The molecular formula is C19H19ClO6. The Labute approximate surface area is 156 Å². The molecule has 0 N–H and O–H groups in total. The molecule has 6 nitrogen and oxygen atoms in total. The fraction of sp³-hybridized carbons (Fsp3) is 0.474. The van der Waals surface area contributed by atoms with E-state index in [1.165, 1.54) is 14.2 Å². The normalized spacial score (nSPS) is 29.4. The minimum Gasteiger partial charge on any atom is -0.496 e. The molecule has 0 bridgehead atoms. The van der Waals surface area contributed by atoms with Gasteiger partial charge in [-0.3, -0.25) is 9.59 Å². The van der Waals surface area contributed by atoms with E-state index in [0.29, 0.717) is 29.3 Å². The Morgan fingerprint density at radius 1 is 1.15 bits per heavy atom. The molecule has 3 atom stereocenters. The summed E-state index contributed by atoms with van der Waals surface area (Å²) in [6.45, 7) is 3.68. The van der Waals surface area contributed by atoms with Crippen LogP contribution in [0.2, 0.25) is 5.02 Å². The van der Waals surface area contributed by atoms with Gasteiger partial charge >= 0.3 is 0 Å². The van der Waals surface area contributed by atoms with Crippen molar-refractivity contribution in [2.45, 2.75) is 38.4 Å². The first kappa shape index (κ1) is 17.2. The van der Waals surface area contributed by atoms with Crippen LogP contribution in [-0.4, -0.2) is 37.5 Å². The summed E-state index contributed by atoms with van der Waals surface area (Å²) in [6.07, 6.45) is 0.508. The number of halogens is 1. The third kappa shape index (κ3) is 1.99. The molecule has 0 saturated heterocycles. The van der Waals surface area contributed by atoms with Crippen LogP contribution in [0.5, 0.6) is 17.2 Å².